The lowest BCUT2D eigenvalue weighted by Gasteiger charge is -2.42. The fourth-order valence-corrected chi connectivity index (χ4v) is 6.30. The number of rotatable bonds is 9. The van der Waals surface area contributed by atoms with Crippen LogP contribution in [0.2, 0.25) is 0 Å². The molecule has 2 aliphatic rings. The lowest BCUT2D eigenvalue weighted by molar-refractivity contribution is 0.128. The molecule has 4 nitrogen and oxygen atoms in total. The van der Waals surface area contributed by atoms with Gasteiger partial charge in [0.1, 0.15) is 11.6 Å². The Hall–Kier alpha value is -2.11. The Labute approximate surface area is 205 Å². The Morgan fingerprint density at radius 1 is 0.941 bits per heavy atom. The molecule has 1 aliphatic heterocycles. The third-order valence-corrected chi connectivity index (χ3v) is 8.00. The van der Waals surface area contributed by atoms with E-state index in [1.807, 2.05) is 30.3 Å². The Kier molecular flexibility index (Phi) is 8.85. The first-order chi connectivity index (χ1) is 16.6. The minimum Gasteiger partial charge on any atom is -0.495 e. The van der Waals surface area contributed by atoms with E-state index in [0.717, 1.165) is 50.5 Å². The van der Waals surface area contributed by atoms with Gasteiger partial charge in [-0.3, -0.25) is 4.90 Å². The number of ether oxygens (including phenoxy) is 1. The first-order valence-corrected chi connectivity index (χ1v) is 13.1. The van der Waals surface area contributed by atoms with E-state index in [9.17, 15) is 0 Å². The zero-order valence-electron chi connectivity index (χ0n) is 21.3. The molecule has 5 heteroatoms. The van der Waals surface area contributed by atoms with E-state index in [1.54, 1.807) is 13.2 Å². The highest BCUT2D eigenvalue weighted by Gasteiger charge is 2.34. The highest BCUT2D eigenvalue weighted by atomic mass is 19.1. The van der Waals surface area contributed by atoms with Crippen molar-refractivity contribution >= 4 is 5.69 Å². The first-order valence-electron chi connectivity index (χ1n) is 13.1. The summed E-state index contributed by atoms with van der Waals surface area (Å²) in [6.07, 6.45) is 7.50. The van der Waals surface area contributed by atoms with E-state index in [2.05, 4.69) is 40.9 Å². The molecule has 1 heterocycles. The van der Waals surface area contributed by atoms with E-state index in [0.29, 0.717) is 12.0 Å². The smallest absolute Gasteiger partial charge is 0.142 e. The van der Waals surface area contributed by atoms with Gasteiger partial charge >= 0.3 is 0 Å². The van der Waals surface area contributed by atoms with Crippen LogP contribution in [-0.2, 0) is 0 Å². The molecule has 2 aromatic rings. The molecule has 1 saturated carbocycles. The van der Waals surface area contributed by atoms with Crippen molar-refractivity contribution in [1.82, 2.24) is 9.80 Å². The third kappa shape index (κ3) is 5.92. The summed E-state index contributed by atoms with van der Waals surface area (Å²) in [5.41, 5.74) is 2.08. The van der Waals surface area contributed by atoms with Crippen molar-refractivity contribution in [2.45, 2.75) is 50.5 Å². The molecule has 2 unspecified atom stereocenters. The molecule has 2 aromatic carbocycles. The fourth-order valence-electron chi connectivity index (χ4n) is 6.30. The van der Waals surface area contributed by atoms with Crippen LogP contribution in [0.3, 0.4) is 0 Å². The molecule has 0 bridgehead atoms. The average molecular weight is 468 g/mol. The monoisotopic (exact) mass is 467 g/mol. The molecule has 2 fully saturated rings. The van der Waals surface area contributed by atoms with Crippen LogP contribution in [0.4, 0.5) is 10.1 Å². The molecule has 1 aliphatic carbocycles. The van der Waals surface area contributed by atoms with Crippen molar-refractivity contribution in [3.8, 4) is 5.75 Å². The van der Waals surface area contributed by atoms with Gasteiger partial charge in [-0.2, -0.15) is 0 Å². The van der Waals surface area contributed by atoms with Gasteiger partial charge in [-0.25, -0.2) is 4.39 Å². The van der Waals surface area contributed by atoms with Gasteiger partial charge in [0, 0.05) is 38.1 Å². The van der Waals surface area contributed by atoms with E-state index in [-0.39, 0.29) is 11.7 Å². The van der Waals surface area contributed by atoms with Crippen LogP contribution >= 0.6 is 0 Å². The zero-order valence-corrected chi connectivity index (χ0v) is 21.3. The number of benzene rings is 2. The van der Waals surface area contributed by atoms with E-state index in [4.69, 9.17) is 4.74 Å². The summed E-state index contributed by atoms with van der Waals surface area (Å²) in [4.78, 5) is 7.37. The number of methoxy groups -OCH3 is 1. The molecule has 0 aromatic heterocycles. The number of hydrogen-bond donors (Lipinski definition) is 0. The second-order valence-electron chi connectivity index (χ2n) is 10.3. The van der Waals surface area contributed by atoms with Gasteiger partial charge in [0.2, 0.25) is 0 Å². The first kappa shape index (κ1) is 25.0. The van der Waals surface area contributed by atoms with Gasteiger partial charge in [-0.05, 0) is 69.6 Å². The molecule has 2 atom stereocenters. The standard InChI is InChI=1S/C29H42FN3O/c1-31(2)29(23-11-5-4-6-12-23)25(24-13-7-8-14-26(24)30)17-18-32-19-21-33(22-20-32)27-15-9-10-16-28(27)34-3/h7-10,13-16,23,25,29H,4-6,11-12,17-22H2,1-3H3. The average Bonchev–Trinajstić information content (AvgIpc) is 2.87. The maximum Gasteiger partial charge on any atom is 0.142 e. The van der Waals surface area contributed by atoms with Crippen molar-refractivity contribution in [2.24, 2.45) is 5.92 Å². The van der Waals surface area contributed by atoms with Crippen LogP contribution in [0.25, 0.3) is 0 Å². The van der Waals surface area contributed by atoms with Gasteiger partial charge in [0.15, 0.2) is 0 Å². The molecular formula is C29H42FN3O. The van der Waals surface area contributed by atoms with Gasteiger partial charge in [0.25, 0.3) is 0 Å². The van der Waals surface area contributed by atoms with Crippen molar-refractivity contribution in [3.63, 3.8) is 0 Å². The Morgan fingerprint density at radius 2 is 1.62 bits per heavy atom. The fraction of sp³-hybridized carbons (Fsp3) is 0.586. The van der Waals surface area contributed by atoms with Gasteiger partial charge in [-0.15, -0.1) is 0 Å². The number of hydrogen-bond acceptors (Lipinski definition) is 4. The van der Waals surface area contributed by atoms with Crippen LogP contribution < -0.4 is 9.64 Å². The molecule has 4 rings (SSSR count). The van der Waals surface area contributed by atoms with Crippen LogP contribution in [0.1, 0.15) is 50.0 Å². The summed E-state index contributed by atoms with van der Waals surface area (Å²) in [7, 11) is 6.13. The summed E-state index contributed by atoms with van der Waals surface area (Å²) in [6, 6.07) is 16.2. The maximum absolute atomic E-state index is 15.1. The minimum atomic E-state index is -0.0452. The van der Waals surface area contributed by atoms with E-state index in [1.165, 1.54) is 37.8 Å². The summed E-state index contributed by atoms with van der Waals surface area (Å²) in [5, 5.41) is 0. The predicted octanol–water partition coefficient (Wildman–Crippen LogP) is 5.64. The summed E-state index contributed by atoms with van der Waals surface area (Å²) >= 11 is 0. The van der Waals surface area contributed by atoms with Crippen LogP contribution in [0, 0.1) is 11.7 Å². The molecule has 0 spiro atoms. The summed E-state index contributed by atoms with van der Waals surface area (Å²) in [5.74, 6) is 1.76. The Bertz CT molecular complexity index is 890. The van der Waals surface area contributed by atoms with Crippen LogP contribution in [-0.4, -0.2) is 69.8 Å². The van der Waals surface area contributed by atoms with Crippen molar-refractivity contribution in [3.05, 3.63) is 59.9 Å². The van der Waals surface area contributed by atoms with E-state index >= 15 is 4.39 Å². The Morgan fingerprint density at radius 3 is 2.29 bits per heavy atom. The molecule has 0 N–H and O–H groups in total. The molecule has 0 amide bonds. The second-order valence-corrected chi connectivity index (χ2v) is 10.3. The van der Waals surface area contributed by atoms with Gasteiger partial charge in [0.05, 0.1) is 12.8 Å². The van der Waals surface area contributed by atoms with Crippen molar-refractivity contribution < 1.29 is 9.13 Å². The quantitative estimate of drug-likeness (QED) is 0.475. The van der Waals surface area contributed by atoms with Gasteiger partial charge in [-0.1, -0.05) is 49.6 Å². The number of anilines is 1. The summed E-state index contributed by atoms with van der Waals surface area (Å²) in [6.45, 7) is 5.04. The molecule has 0 radical (unpaired) electrons. The third-order valence-electron chi connectivity index (χ3n) is 8.00. The number of halogens is 1. The van der Waals surface area contributed by atoms with Crippen molar-refractivity contribution in [2.75, 3.05) is 58.8 Å². The topological polar surface area (TPSA) is 19.0 Å². The second kappa shape index (κ2) is 12.0. The predicted molar refractivity (Wildman–Crippen MR) is 139 cm³/mol. The zero-order chi connectivity index (χ0) is 23.9. The molecule has 186 valence electrons. The molecular weight excluding hydrogens is 425 g/mol. The van der Waals surface area contributed by atoms with E-state index < -0.39 is 0 Å². The highest BCUT2D eigenvalue weighted by Crippen LogP contribution is 2.38. The number of nitrogens with zero attached hydrogens (tertiary/aromatic N) is 3. The number of piperazine rings is 1. The van der Waals surface area contributed by atoms with Crippen LogP contribution in [0.5, 0.6) is 5.75 Å². The molecule has 34 heavy (non-hydrogen) atoms. The maximum atomic E-state index is 15.1. The SMILES string of the molecule is COc1ccccc1N1CCN(CCC(c2ccccc2F)C(C2CCCCC2)N(C)C)CC1. The summed E-state index contributed by atoms with van der Waals surface area (Å²) < 4.78 is 20.6. The van der Waals surface area contributed by atoms with Crippen molar-refractivity contribution in [1.29, 1.82) is 0 Å². The highest BCUT2D eigenvalue weighted by molar-refractivity contribution is 5.58. The Balaban J connectivity index is 1.44. The normalized spacial score (nSPS) is 19.9. The number of para-hydroxylation sites is 2. The minimum absolute atomic E-state index is 0.0452. The van der Waals surface area contributed by atoms with Crippen LogP contribution in [0.15, 0.2) is 48.5 Å². The van der Waals surface area contributed by atoms with Gasteiger partial charge < -0.3 is 14.5 Å². The lowest BCUT2D eigenvalue weighted by Crippen LogP contribution is -2.48. The largest absolute Gasteiger partial charge is 0.495 e. The lowest BCUT2D eigenvalue weighted by atomic mass is 9.74. The number of likely N-dealkylation sites (N-methyl/N-ethyl adjacent to an activating group) is 1. The molecule has 1 saturated heterocycles.